The number of hydrogen-bond acceptors (Lipinski definition) is 7. The number of fused-ring (bicyclic) bond motifs is 1. The molecule has 2 atom stereocenters. The van der Waals surface area contributed by atoms with Gasteiger partial charge in [0, 0.05) is 30.8 Å². The molecular formula is C27H27F2N7O2. The first-order valence-corrected chi connectivity index (χ1v) is 12.2. The Morgan fingerprint density at radius 3 is 2.92 bits per heavy atom. The average Bonchev–Trinajstić information content (AvgIpc) is 3.34. The van der Waals surface area contributed by atoms with Crippen molar-refractivity contribution >= 4 is 22.8 Å². The van der Waals surface area contributed by atoms with Crippen LogP contribution in [0.5, 0.6) is 0 Å². The van der Waals surface area contributed by atoms with Crippen molar-refractivity contribution in [2.45, 2.75) is 31.7 Å². The Morgan fingerprint density at radius 2 is 2.11 bits per heavy atom. The molecule has 9 nitrogen and oxygen atoms in total. The van der Waals surface area contributed by atoms with Crippen LogP contribution in [0.1, 0.15) is 36.2 Å². The fourth-order valence-electron chi connectivity index (χ4n) is 4.81. The summed E-state index contributed by atoms with van der Waals surface area (Å²) in [7, 11) is 0. The lowest BCUT2D eigenvalue weighted by molar-refractivity contribution is -0.127. The number of nitrogens with zero attached hydrogens (tertiary/aromatic N) is 5. The van der Waals surface area contributed by atoms with Crippen LogP contribution in [0.2, 0.25) is 0 Å². The molecular weight excluding hydrogens is 492 g/mol. The van der Waals surface area contributed by atoms with Gasteiger partial charge in [-0.25, -0.2) is 23.4 Å². The summed E-state index contributed by atoms with van der Waals surface area (Å²) in [6.07, 6.45) is 2.94. The summed E-state index contributed by atoms with van der Waals surface area (Å²) < 4.78 is 29.4. The van der Waals surface area contributed by atoms with Gasteiger partial charge in [-0.15, -0.1) is 0 Å². The number of carbonyl (C=O) groups excluding carboxylic acids is 1. The number of benzene rings is 2. The second kappa shape index (κ2) is 10.6. The van der Waals surface area contributed by atoms with E-state index < -0.39 is 17.9 Å². The minimum atomic E-state index is -1.40. The molecule has 38 heavy (non-hydrogen) atoms. The van der Waals surface area contributed by atoms with E-state index in [0.29, 0.717) is 29.8 Å². The van der Waals surface area contributed by atoms with E-state index in [2.05, 4.69) is 21.9 Å². The SMILES string of the molecule is C=CC(=O)N1CCC[C@@H](n2nc(-c3cccc(CNC(O)c4cc(F)ccc4F)c3)c3c(N)ncnc32)C1. The smallest absolute Gasteiger partial charge is 0.246 e. The van der Waals surface area contributed by atoms with Gasteiger partial charge in [0.15, 0.2) is 5.65 Å². The molecule has 0 bridgehead atoms. The van der Waals surface area contributed by atoms with Crippen LogP contribution in [0.15, 0.2) is 61.4 Å². The number of carbonyl (C=O) groups is 1. The van der Waals surface area contributed by atoms with Crippen LogP contribution in [-0.4, -0.2) is 48.8 Å². The third-order valence-electron chi connectivity index (χ3n) is 6.70. The summed E-state index contributed by atoms with van der Waals surface area (Å²) in [5, 5.41) is 18.7. The van der Waals surface area contributed by atoms with Crippen LogP contribution in [0.4, 0.5) is 14.6 Å². The van der Waals surface area contributed by atoms with Crippen molar-refractivity contribution in [2.24, 2.45) is 0 Å². The lowest BCUT2D eigenvalue weighted by Crippen LogP contribution is -2.40. The predicted molar refractivity (Wildman–Crippen MR) is 138 cm³/mol. The van der Waals surface area contributed by atoms with Crippen molar-refractivity contribution in [1.82, 2.24) is 30.0 Å². The van der Waals surface area contributed by atoms with E-state index in [1.54, 1.807) is 4.90 Å². The van der Waals surface area contributed by atoms with E-state index in [0.717, 1.165) is 42.2 Å². The highest BCUT2D eigenvalue weighted by molar-refractivity contribution is 5.98. The van der Waals surface area contributed by atoms with Gasteiger partial charge < -0.3 is 15.7 Å². The molecule has 0 radical (unpaired) electrons. The van der Waals surface area contributed by atoms with E-state index in [1.165, 1.54) is 12.4 Å². The van der Waals surface area contributed by atoms with Crippen molar-refractivity contribution < 1.29 is 18.7 Å². The average molecular weight is 520 g/mol. The zero-order valence-corrected chi connectivity index (χ0v) is 20.5. The summed E-state index contributed by atoms with van der Waals surface area (Å²) in [6.45, 7) is 4.90. The summed E-state index contributed by atoms with van der Waals surface area (Å²) in [6, 6.07) is 10.2. The lowest BCUT2D eigenvalue weighted by atomic mass is 10.1. The van der Waals surface area contributed by atoms with Gasteiger partial charge in [-0.05, 0) is 48.7 Å². The minimum absolute atomic E-state index is 0.0978. The summed E-state index contributed by atoms with van der Waals surface area (Å²) in [5.41, 5.74) is 8.78. The van der Waals surface area contributed by atoms with Crippen LogP contribution in [-0.2, 0) is 11.3 Å². The van der Waals surface area contributed by atoms with E-state index in [-0.39, 0.29) is 29.9 Å². The van der Waals surface area contributed by atoms with Gasteiger partial charge in [0.05, 0.1) is 11.4 Å². The summed E-state index contributed by atoms with van der Waals surface area (Å²) in [4.78, 5) is 22.6. The van der Waals surface area contributed by atoms with E-state index in [1.807, 2.05) is 28.9 Å². The number of aliphatic hydroxyl groups is 1. The highest BCUT2D eigenvalue weighted by Gasteiger charge is 2.28. The molecule has 3 heterocycles. The lowest BCUT2D eigenvalue weighted by Gasteiger charge is -2.32. The number of aromatic nitrogens is 4. The van der Waals surface area contributed by atoms with Gasteiger partial charge in [0.2, 0.25) is 5.91 Å². The fourth-order valence-corrected chi connectivity index (χ4v) is 4.81. The molecule has 1 aliphatic heterocycles. The number of nitrogens with one attached hydrogen (secondary N) is 1. The quantitative estimate of drug-likeness (QED) is 0.252. The monoisotopic (exact) mass is 519 g/mol. The van der Waals surface area contributed by atoms with Gasteiger partial charge in [-0.1, -0.05) is 24.8 Å². The largest absolute Gasteiger partial charge is 0.383 e. The Hall–Kier alpha value is -4.22. The number of aliphatic hydroxyl groups excluding tert-OH is 1. The third kappa shape index (κ3) is 4.98. The molecule has 5 rings (SSSR count). The van der Waals surface area contributed by atoms with Crippen molar-refractivity contribution in [3.05, 3.63) is 84.2 Å². The van der Waals surface area contributed by atoms with Gasteiger partial charge >= 0.3 is 0 Å². The molecule has 11 heteroatoms. The van der Waals surface area contributed by atoms with Gasteiger partial charge in [0.25, 0.3) is 0 Å². The molecule has 1 aliphatic rings. The third-order valence-corrected chi connectivity index (χ3v) is 6.70. The van der Waals surface area contributed by atoms with E-state index in [9.17, 15) is 18.7 Å². The topological polar surface area (TPSA) is 122 Å². The summed E-state index contributed by atoms with van der Waals surface area (Å²) in [5.74, 6) is -1.18. The molecule has 196 valence electrons. The molecule has 4 N–H and O–H groups in total. The normalized spacial score (nSPS) is 16.5. The number of rotatable bonds is 7. The highest BCUT2D eigenvalue weighted by Crippen LogP contribution is 2.34. The molecule has 1 amide bonds. The fraction of sp³-hybridized carbons (Fsp3) is 0.259. The second-order valence-electron chi connectivity index (χ2n) is 9.18. The number of halogens is 2. The molecule has 0 aliphatic carbocycles. The van der Waals surface area contributed by atoms with Crippen molar-refractivity contribution in [3.63, 3.8) is 0 Å². The number of anilines is 1. The first-order chi connectivity index (χ1) is 18.4. The van der Waals surface area contributed by atoms with Gasteiger partial charge in [-0.3, -0.25) is 10.1 Å². The maximum absolute atomic E-state index is 14.0. The Balaban J connectivity index is 1.44. The number of piperidine rings is 1. The van der Waals surface area contributed by atoms with Crippen molar-refractivity contribution in [1.29, 1.82) is 0 Å². The number of hydrogen-bond donors (Lipinski definition) is 3. The highest BCUT2D eigenvalue weighted by atomic mass is 19.1. The minimum Gasteiger partial charge on any atom is -0.383 e. The van der Waals surface area contributed by atoms with Crippen LogP contribution in [0.3, 0.4) is 0 Å². The number of amides is 1. The first kappa shape index (κ1) is 25.4. The van der Waals surface area contributed by atoms with Crippen LogP contribution < -0.4 is 11.1 Å². The molecule has 0 saturated carbocycles. The van der Waals surface area contributed by atoms with Gasteiger partial charge in [-0.2, -0.15) is 5.10 Å². The number of nitrogens with two attached hydrogens (primary N) is 1. The molecule has 2 aromatic heterocycles. The van der Waals surface area contributed by atoms with E-state index >= 15 is 0 Å². The number of likely N-dealkylation sites (tertiary alicyclic amines) is 1. The molecule has 1 fully saturated rings. The molecule has 2 aromatic carbocycles. The zero-order chi connectivity index (χ0) is 26.8. The van der Waals surface area contributed by atoms with Crippen LogP contribution in [0, 0.1) is 11.6 Å². The van der Waals surface area contributed by atoms with E-state index in [4.69, 9.17) is 10.8 Å². The maximum Gasteiger partial charge on any atom is 0.246 e. The standard InChI is InChI=1S/C27H27F2N7O2/c1-2-22(37)35-10-4-7-19(14-35)36-26-23(25(30)32-15-33-26)24(34-36)17-6-3-5-16(11-17)13-31-27(38)20-12-18(28)8-9-21(20)29/h2-3,5-6,8-9,11-12,15,19,27,31,38H,1,4,7,10,13-14H2,(H2,30,32,33)/t19-,27?/m1/s1. The second-order valence-corrected chi connectivity index (χ2v) is 9.18. The molecule has 1 saturated heterocycles. The van der Waals surface area contributed by atoms with Crippen LogP contribution in [0.25, 0.3) is 22.3 Å². The van der Waals surface area contributed by atoms with Crippen LogP contribution >= 0.6 is 0 Å². The molecule has 4 aromatic rings. The Bertz CT molecular complexity index is 1510. The zero-order valence-electron chi connectivity index (χ0n) is 20.5. The Labute approximate surface area is 217 Å². The molecule has 0 spiro atoms. The Kier molecular flexibility index (Phi) is 7.12. The Morgan fingerprint density at radius 1 is 1.26 bits per heavy atom. The maximum atomic E-state index is 14.0. The van der Waals surface area contributed by atoms with Crippen molar-refractivity contribution in [2.75, 3.05) is 18.8 Å². The predicted octanol–water partition coefficient (Wildman–Crippen LogP) is 3.48. The first-order valence-electron chi connectivity index (χ1n) is 12.2. The van der Waals surface area contributed by atoms with Gasteiger partial charge in [0.1, 0.15) is 35.7 Å². The number of nitrogen functional groups attached to an aromatic ring is 1. The summed E-state index contributed by atoms with van der Waals surface area (Å²) >= 11 is 0. The molecule has 1 unspecified atom stereocenters. The van der Waals surface area contributed by atoms with Crippen molar-refractivity contribution in [3.8, 4) is 11.3 Å².